The zero-order valence-corrected chi connectivity index (χ0v) is 21.0. The van der Waals surface area contributed by atoms with Crippen LogP contribution in [0, 0.1) is 19.8 Å². The van der Waals surface area contributed by atoms with Gasteiger partial charge in [0.25, 0.3) is 5.91 Å². The summed E-state index contributed by atoms with van der Waals surface area (Å²) in [6, 6.07) is 14.9. The van der Waals surface area contributed by atoms with E-state index in [0.717, 1.165) is 34.4 Å². The largest absolute Gasteiger partial charge is 0.507 e. The second kappa shape index (κ2) is 9.57. The summed E-state index contributed by atoms with van der Waals surface area (Å²) >= 11 is 0. The van der Waals surface area contributed by atoms with E-state index in [1.807, 2.05) is 62.4 Å². The number of amides is 1. The molecule has 1 atom stereocenters. The molecule has 0 saturated carbocycles. The fraction of sp³-hybridized carbons (Fsp3) is 0.310. The Morgan fingerprint density at radius 1 is 1.17 bits per heavy atom. The summed E-state index contributed by atoms with van der Waals surface area (Å²) in [5, 5.41) is 18.4. The number of phenols is 1. The highest BCUT2D eigenvalue weighted by Crippen LogP contribution is 2.46. The molecular weight excluding hydrogens is 454 g/mol. The van der Waals surface area contributed by atoms with Crippen LogP contribution in [-0.4, -0.2) is 32.7 Å². The van der Waals surface area contributed by atoms with Gasteiger partial charge in [-0.25, -0.2) is 0 Å². The normalized spacial score (nSPS) is 15.1. The first-order chi connectivity index (χ1) is 17.3. The average Bonchev–Trinajstić information content (AvgIpc) is 3.56. The smallest absolute Gasteiger partial charge is 0.273 e. The molecule has 3 heterocycles. The van der Waals surface area contributed by atoms with Crippen molar-refractivity contribution in [1.29, 1.82) is 0 Å². The summed E-state index contributed by atoms with van der Waals surface area (Å²) < 4.78 is 11.6. The average molecular weight is 486 g/mol. The molecule has 5 rings (SSSR count). The van der Waals surface area contributed by atoms with Gasteiger partial charge in [-0.3, -0.25) is 9.89 Å². The number of hydrogen-bond acceptors (Lipinski definition) is 5. The van der Waals surface area contributed by atoms with E-state index >= 15 is 0 Å². The molecule has 0 aliphatic carbocycles. The number of aromatic hydroxyl groups is 1. The van der Waals surface area contributed by atoms with Gasteiger partial charge in [-0.15, -0.1) is 0 Å². The Morgan fingerprint density at radius 2 is 2.00 bits per heavy atom. The van der Waals surface area contributed by atoms with Crippen LogP contribution in [-0.2, 0) is 6.54 Å². The van der Waals surface area contributed by atoms with Crippen molar-refractivity contribution in [2.24, 2.45) is 5.92 Å². The lowest BCUT2D eigenvalue weighted by atomic mass is 9.94. The van der Waals surface area contributed by atoms with E-state index in [9.17, 15) is 9.90 Å². The van der Waals surface area contributed by atoms with Crippen LogP contribution in [0.25, 0.3) is 11.3 Å². The Morgan fingerprint density at radius 3 is 2.75 bits per heavy atom. The number of phenolic OH excluding ortho intramolecular Hbond substituents is 1. The first-order valence-electron chi connectivity index (χ1n) is 12.3. The van der Waals surface area contributed by atoms with E-state index in [0.29, 0.717) is 41.8 Å². The van der Waals surface area contributed by atoms with Crippen molar-refractivity contribution in [2.75, 3.05) is 6.61 Å². The van der Waals surface area contributed by atoms with Crippen molar-refractivity contribution in [1.82, 2.24) is 15.1 Å². The molecule has 0 fully saturated rings. The Hall–Kier alpha value is -4.00. The molecule has 0 saturated heterocycles. The topological polar surface area (TPSA) is 91.6 Å². The van der Waals surface area contributed by atoms with E-state index in [1.165, 1.54) is 0 Å². The lowest BCUT2D eigenvalue weighted by Gasteiger charge is -2.26. The zero-order chi connectivity index (χ0) is 25.4. The van der Waals surface area contributed by atoms with E-state index in [-0.39, 0.29) is 11.7 Å². The summed E-state index contributed by atoms with van der Waals surface area (Å²) in [7, 11) is 0. The molecule has 7 heteroatoms. The van der Waals surface area contributed by atoms with Crippen LogP contribution in [0.2, 0.25) is 0 Å². The van der Waals surface area contributed by atoms with Gasteiger partial charge in [0.15, 0.2) is 0 Å². The van der Waals surface area contributed by atoms with E-state index in [4.69, 9.17) is 9.15 Å². The SMILES string of the molecule is Cc1cc(C)c(O)c(-c2n[nH]c3c2C(c2cccc(OCCC(C)C)c2)N(Cc2ccco2)C3=O)c1. The number of aromatic nitrogens is 2. The molecule has 2 N–H and O–H groups in total. The van der Waals surface area contributed by atoms with Crippen LogP contribution in [0.4, 0.5) is 0 Å². The molecule has 7 nitrogen and oxygen atoms in total. The Kier molecular flexibility index (Phi) is 6.31. The van der Waals surface area contributed by atoms with Crippen LogP contribution >= 0.6 is 0 Å². The van der Waals surface area contributed by atoms with Gasteiger partial charge in [0, 0.05) is 11.1 Å². The molecule has 2 aromatic heterocycles. The number of nitrogens with zero attached hydrogens (tertiary/aromatic N) is 2. The van der Waals surface area contributed by atoms with Crippen molar-refractivity contribution in [3.8, 4) is 22.8 Å². The van der Waals surface area contributed by atoms with Crippen LogP contribution in [0.5, 0.6) is 11.5 Å². The summed E-state index contributed by atoms with van der Waals surface area (Å²) in [6.07, 6.45) is 2.56. The molecule has 36 heavy (non-hydrogen) atoms. The van der Waals surface area contributed by atoms with E-state index in [1.54, 1.807) is 11.2 Å². The highest BCUT2D eigenvalue weighted by atomic mass is 16.5. The van der Waals surface area contributed by atoms with Crippen LogP contribution in [0.1, 0.15) is 64.8 Å². The van der Waals surface area contributed by atoms with Crippen LogP contribution in [0.15, 0.2) is 59.2 Å². The molecule has 1 aliphatic rings. The number of aromatic amines is 1. The van der Waals surface area contributed by atoms with Crippen molar-refractivity contribution in [3.05, 3.63) is 88.5 Å². The van der Waals surface area contributed by atoms with Gasteiger partial charge in [0.1, 0.15) is 28.6 Å². The number of H-pyrrole nitrogens is 1. The fourth-order valence-corrected chi connectivity index (χ4v) is 4.81. The maximum atomic E-state index is 13.6. The number of ether oxygens (including phenoxy) is 1. The van der Waals surface area contributed by atoms with E-state index in [2.05, 4.69) is 24.0 Å². The standard InChI is InChI=1S/C29H31N3O4/c1-17(2)10-12-36-21-8-5-7-20(15-21)27-24-25(23-14-18(3)13-19(4)28(23)33)30-31-26(24)29(34)32(27)16-22-9-6-11-35-22/h5-9,11,13-15,17,27,33H,10,12,16H2,1-4H3,(H,30,31). The van der Waals surface area contributed by atoms with Crippen LogP contribution in [0.3, 0.4) is 0 Å². The number of carbonyl (C=O) groups excluding carboxylic acids is 1. The lowest BCUT2D eigenvalue weighted by Crippen LogP contribution is -2.29. The molecule has 186 valence electrons. The number of hydrogen-bond donors (Lipinski definition) is 2. The quantitative estimate of drug-likeness (QED) is 0.312. The third kappa shape index (κ3) is 4.37. The third-order valence-electron chi connectivity index (χ3n) is 6.61. The molecule has 0 radical (unpaired) electrons. The molecule has 1 amide bonds. The van der Waals surface area contributed by atoms with Gasteiger partial charge in [-0.05, 0) is 73.2 Å². The maximum Gasteiger partial charge on any atom is 0.273 e. The van der Waals surface area contributed by atoms with E-state index < -0.39 is 6.04 Å². The van der Waals surface area contributed by atoms with Gasteiger partial charge < -0.3 is 19.2 Å². The number of nitrogens with one attached hydrogen (secondary N) is 1. The number of aryl methyl sites for hydroxylation is 2. The Labute approximate surface area is 210 Å². The Balaban J connectivity index is 1.61. The van der Waals surface area contributed by atoms with Crippen LogP contribution < -0.4 is 4.74 Å². The minimum Gasteiger partial charge on any atom is -0.507 e. The summed E-state index contributed by atoms with van der Waals surface area (Å²) in [5.41, 5.74) is 5.01. The van der Waals surface area contributed by atoms with Gasteiger partial charge in [0.05, 0.1) is 25.5 Å². The predicted octanol–water partition coefficient (Wildman–Crippen LogP) is 6.16. The second-order valence-corrected chi connectivity index (χ2v) is 9.86. The summed E-state index contributed by atoms with van der Waals surface area (Å²) in [4.78, 5) is 15.4. The molecule has 0 bridgehead atoms. The second-order valence-electron chi connectivity index (χ2n) is 9.86. The monoisotopic (exact) mass is 485 g/mol. The minimum atomic E-state index is -0.430. The van der Waals surface area contributed by atoms with Crippen molar-refractivity contribution >= 4 is 5.91 Å². The fourth-order valence-electron chi connectivity index (χ4n) is 4.81. The molecule has 0 spiro atoms. The zero-order valence-electron chi connectivity index (χ0n) is 21.0. The lowest BCUT2D eigenvalue weighted by molar-refractivity contribution is 0.0716. The maximum absolute atomic E-state index is 13.6. The van der Waals surface area contributed by atoms with Gasteiger partial charge in [0.2, 0.25) is 0 Å². The number of rotatable bonds is 8. The van der Waals surface area contributed by atoms with Crippen molar-refractivity contribution in [3.63, 3.8) is 0 Å². The molecular formula is C29H31N3O4. The van der Waals surface area contributed by atoms with Gasteiger partial charge >= 0.3 is 0 Å². The molecule has 1 aliphatic heterocycles. The third-order valence-corrected chi connectivity index (χ3v) is 6.61. The Bertz CT molecular complexity index is 1390. The van der Waals surface area contributed by atoms with Crippen molar-refractivity contribution < 1.29 is 19.1 Å². The number of benzene rings is 2. The highest BCUT2D eigenvalue weighted by Gasteiger charge is 2.43. The number of furan rings is 1. The van der Waals surface area contributed by atoms with Gasteiger partial charge in [-0.1, -0.05) is 32.0 Å². The first kappa shape index (κ1) is 23.7. The predicted molar refractivity (Wildman–Crippen MR) is 137 cm³/mol. The summed E-state index contributed by atoms with van der Waals surface area (Å²) in [6.45, 7) is 9.10. The van der Waals surface area contributed by atoms with Gasteiger partial charge in [-0.2, -0.15) is 5.10 Å². The van der Waals surface area contributed by atoms with Crippen molar-refractivity contribution in [2.45, 2.75) is 46.7 Å². The summed E-state index contributed by atoms with van der Waals surface area (Å²) in [5.74, 6) is 1.99. The molecule has 2 aromatic carbocycles. The molecule has 1 unspecified atom stereocenters. The molecule has 4 aromatic rings. The first-order valence-corrected chi connectivity index (χ1v) is 12.3. The number of carbonyl (C=O) groups is 1. The minimum absolute atomic E-state index is 0.163. The highest BCUT2D eigenvalue weighted by molar-refractivity contribution is 6.00. The number of fused-ring (bicyclic) bond motifs is 1.